The fourth-order valence-electron chi connectivity index (χ4n) is 1.21. The Morgan fingerprint density at radius 3 is 2.71 bits per heavy atom. The number of rotatable bonds is 6. The molecule has 0 aromatic heterocycles. The van der Waals surface area contributed by atoms with E-state index in [4.69, 9.17) is 5.26 Å². The fourth-order valence-corrected chi connectivity index (χ4v) is 1.89. The zero-order valence-corrected chi connectivity index (χ0v) is 9.05. The molecule has 1 saturated carbocycles. The maximum atomic E-state index is 11.0. The predicted octanol–water partition coefficient (Wildman–Crippen LogP) is -0.476. The van der Waals surface area contributed by atoms with Crippen LogP contribution in [0.1, 0.15) is 12.8 Å². The Morgan fingerprint density at radius 1 is 1.57 bits per heavy atom. The first-order valence-corrected chi connectivity index (χ1v) is 6.25. The summed E-state index contributed by atoms with van der Waals surface area (Å²) in [6, 6.07) is 2.25. The van der Waals surface area contributed by atoms with E-state index in [9.17, 15) is 8.42 Å². The Kier molecular flexibility index (Phi) is 3.86. The summed E-state index contributed by atoms with van der Waals surface area (Å²) in [7, 11) is -1.39. The summed E-state index contributed by atoms with van der Waals surface area (Å²) >= 11 is 0. The molecule has 80 valence electrons. The summed E-state index contributed by atoms with van der Waals surface area (Å²) in [6.45, 7) is 1.09. The first kappa shape index (κ1) is 11.4. The van der Waals surface area contributed by atoms with Gasteiger partial charge in [0.15, 0.2) is 5.75 Å². The van der Waals surface area contributed by atoms with Crippen molar-refractivity contribution < 1.29 is 8.42 Å². The Balaban J connectivity index is 2.17. The van der Waals surface area contributed by atoms with Gasteiger partial charge in [-0.1, -0.05) is 0 Å². The van der Waals surface area contributed by atoms with Crippen LogP contribution in [0, 0.1) is 11.3 Å². The van der Waals surface area contributed by atoms with Crippen LogP contribution in [0.3, 0.4) is 0 Å². The highest BCUT2D eigenvalue weighted by molar-refractivity contribution is 7.89. The highest BCUT2D eigenvalue weighted by atomic mass is 32.2. The van der Waals surface area contributed by atoms with E-state index in [1.54, 1.807) is 6.07 Å². The zero-order chi connectivity index (χ0) is 10.6. The van der Waals surface area contributed by atoms with Gasteiger partial charge in [-0.05, 0) is 19.9 Å². The third-order valence-corrected chi connectivity index (χ3v) is 3.36. The lowest BCUT2D eigenvalue weighted by Crippen LogP contribution is -2.34. The van der Waals surface area contributed by atoms with Crippen molar-refractivity contribution in [2.45, 2.75) is 18.9 Å². The summed E-state index contributed by atoms with van der Waals surface area (Å²) in [5.74, 6) is -0.458. The third-order valence-electron chi connectivity index (χ3n) is 2.21. The van der Waals surface area contributed by atoms with Crippen molar-refractivity contribution in [2.75, 3.05) is 25.9 Å². The van der Waals surface area contributed by atoms with Crippen molar-refractivity contribution in [1.29, 1.82) is 5.26 Å². The van der Waals surface area contributed by atoms with Gasteiger partial charge in [0, 0.05) is 19.1 Å². The molecule has 1 aliphatic rings. The average molecular weight is 217 g/mol. The predicted molar refractivity (Wildman–Crippen MR) is 53.1 cm³/mol. The van der Waals surface area contributed by atoms with E-state index in [-0.39, 0.29) is 0 Å². The molecule has 1 rings (SSSR count). The van der Waals surface area contributed by atoms with Gasteiger partial charge in [0.25, 0.3) is 0 Å². The minimum Gasteiger partial charge on any atom is -0.302 e. The van der Waals surface area contributed by atoms with Crippen LogP contribution in [0.2, 0.25) is 0 Å². The van der Waals surface area contributed by atoms with Gasteiger partial charge in [-0.25, -0.2) is 13.1 Å². The highest BCUT2D eigenvalue weighted by Crippen LogP contribution is 2.24. The van der Waals surface area contributed by atoms with Crippen LogP contribution in [0.25, 0.3) is 0 Å². The van der Waals surface area contributed by atoms with Crippen LogP contribution < -0.4 is 4.72 Å². The van der Waals surface area contributed by atoms with E-state index in [1.165, 1.54) is 12.8 Å². The molecule has 0 aliphatic heterocycles. The van der Waals surface area contributed by atoms with E-state index >= 15 is 0 Å². The molecule has 1 aliphatic carbocycles. The number of nitrogens with zero attached hydrogens (tertiary/aromatic N) is 2. The lowest BCUT2D eigenvalue weighted by atomic mass is 10.5. The molecule has 0 radical (unpaired) electrons. The molecule has 0 atom stereocenters. The Labute approximate surface area is 84.8 Å². The molecule has 0 spiro atoms. The molecule has 14 heavy (non-hydrogen) atoms. The van der Waals surface area contributed by atoms with Crippen molar-refractivity contribution in [2.24, 2.45) is 0 Å². The van der Waals surface area contributed by atoms with Gasteiger partial charge in [-0.3, -0.25) is 0 Å². The van der Waals surface area contributed by atoms with Crippen LogP contribution in [-0.2, 0) is 10.0 Å². The van der Waals surface area contributed by atoms with Gasteiger partial charge in [-0.15, -0.1) is 0 Å². The molecular formula is C8H15N3O2S. The lowest BCUT2D eigenvalue weighted by Gasteiger charge is -2.15. The van der Waals surface area contributed by atoms with E-state index < -0.39 is 15.8 Å². The molecule has 0 amide bonds. The first-order chi connectivity index (χ1) is 6.55. The molecule has 6 heteroatoms. The van der Waals surface area contributed by atoms with Crippen LogP contribution in [0.15, 0.2) is 0 Å². The number of hydrogen-bond donors (Lipinski definition) is 1. The Hall–Kier alpha value is -0.640. The Bertz CT molecular complexity index is 316. The molecule has 0 aromatic carbocycles. The number of hydrogen-bond acceptors (Lipinski definition) is 4. The quantitative estimate of drug-likeness (QED) is 0.652. The third kappa shape index (κ3) is 4.05. The van der Waals surface area contributed by atoms with E-state index in [1.807, 2.05) is 7.05 Å². The van der Waals surface area contributed by atoms with Crippen molar-refractivity contribution in [3.63, 3.8) is 0 Å². The van der Waals surface area contributed by atoms with Gasteiger partial charge in [-0.2, -0.15) is 5.26 Å². The molecule has 0 unspecified atom stereocenters. The van der Waals surface area contributed by atoms with Gasteiger partial charge < -0.3 is 4.90 Å². The number of nitrogens with one attached hydrogen (secondary N) is 1. The summed E-state index contributed by atoms with van der Waals surface area (Å²) in [6.07, 6.45) is 2.42. The van der Waals surface area contributed by atoms with E-state index in [2.05, 4.69) is 9.62 Å². The van der Waals surface area contributed by atoms with Crippen molar-refractivity contribution in [1.82, 2.24) is 9.62 Å². The summed E-state index contributed by atoms with van der Waals surface area (Å²) in [4.78, 5) is 2.13. The molecule has 0 saturated heterocycles. The molecule has 0 aromatic rings. The summed E-state index contributed by atoms with van der Waals surface area (Å²) < 4.78 is 24.5. The van der Waals surface area contributed by atoms with E-state index in [0.29, 0.717) is 19.1 Å². The van der Waals surface area contributed by atoms with Crippen molar-refractivity contribution >= 4 is 10.0 Å². The second-order valence-corrected chi connectivity index (χ2v) is 5.33. The average Bonchev–Trinajstić information content (AvgIpc) is 2.85. The highest BCUT2D eigenvalue weighted by Gasteiger charge is 2.25. The number of nitriles is 1. The molecule has 1 N–H and O–H groups in total. The second kappa shape index (κ2) is 4.73. The molecule has 1 fully saturated rings. The summed E-state index contributed by atoms with van der Waals surface area (Å²) in [5.41, 5.74) is 0. The van der Waals surface area contributed by atoms with Gasteiger partial charge in [0.2, 0.25) is 10.0 Å². The summed E-state index contributed by atoms with van der Waals surface area (Å²) in [5, 5.41) is 8.23. The maximum Gasteiger partial charge on any atom is 0.225 e. The van der Waals surface area contributed by atoms with Crippen LogP contribution in [0.5, 0.6) is 0 Å². The fraction of sp³-hybridized carbons (Fsp3) is 0.875. The first-order valence-electron chi connectivity index (χ1n) is 4.59. The SMILES string of the molecule is CN(CCNS(=O)(=O)CC#N)C1CC1. The topological polar surface area (TPSA) is 73.2 Å². The normalized spacial score (nSPS) is 16.9. The molecule has 0 bridgehead atoms. The van der Waals surface area contributed by atoms with Crippen molar-refractivity contribution in [3.05, 3.63) is 0 Å². The molecular weight excluding hydrogens is 202 g/mol. The van der Waals surface area contributed by atoms with Crippen molar-refractivity contribution in [3.8, 4) is 6.07 Å². The minimum atomic E-state index is -3.37. The van der Waals surface area contributed by atoms with Crippen LogP contribution >= 0.6 is 0 Å². The molecule has 0 heterocycles. The monoisotopic (exact) mass is 217 g/mol. The zero-order valence-electron chi connectivity index (χ0n) is 8.23. The van der Waals surface area contributed by atoms with Gasteiger partial charge >= 0.3 is 0 Å². The minimum absolute atomic E-state index is 0.386. The number of sulfonamides is 1. The van der Waals surface area contributed by atoms with Gasteiger partial charge in [0.1, 0.15) is 0 Å². The largest absolute Gasteiger partial charge is 0.302 e. The van der Waals surface area contributed by atoms with Gasteiger partial charge in [0.05, 0.1) is 6.07 Å². The molecule has 5 nitrogen and oxygen atoms in total. The van der Waals surface area contributed by atoms with Crippen LogP contribution in [-0.4, -0.2) is 45.2 Å². The second-order valence-electron chi connectivity index (χ2n) is 3.52. The smallest absolute Gasteiger partial charge is 0.225 e. The number of likely N-dealkylation sites (N-methyl/N-ethyl adjacent to an activating group) is 1. The maximum absolute atomic E-state index is 11.0. The lowest BCUT2D eigenvalue weighted by molar-refractivity contribution is 0.329. The van der Waals surface area contributed by atoms with Crippen LogP contribution in [0.4, 0.5) is 0 Å². The standard InChI is InChI=1S/C8H15N3O2S/c1-11(8-2-3-8)6-5-10-14(12,13)7-4-9/h8,10H,2-3,5-7H2,1H3. The van der Waals surface area contributed by atoms with E-state index in [0.717, 1.165) is 0 Å². The Morgan fingerprint density at radius 2 is 2.21 bits per heavy atom.